The lowest BCUT2D eigenvalue weighted by Crippen LogP contribution is -2.23. The van der Waals surface area contributed by atoms with Crippen molar-refractivity contribution in [3.8, 4) is 0 Å². The predicted molar refractivity (Wildman–Crippen MR) is 67.2 cm³/mol. The Bertz CT molecular complexity index is 328. The van der Waals surface area contributed by atoms with Crippen molar-refractivity contribution in [3.63, 3.8) is 0 Å². The zero-order valence-corrected chi connectivity index (χ0v) is 10.6. The number of nitrogens with one attached hydrogen (secondary N) is 1. The summed E-state index contributed by atoms with van der Waals surface area (Å²) in [5.74, 6) is -0.0952. The van der Waals surface area contributed by atoms with Crippen molar-refractivity contribution >= 4 is 28.8 Å². The number of carbonyl (C=O) groups is 1. The summed E-state index contributed by atoms with van der Waals surface area (Å²) in [5.41, 5.74) is 0. The maximum absolute atomic E-state index is 11.6. The highest BCUT2D eigenvalue weighted by Crippen LogP contribution is 2.21. The summed E-state index contributed by atoms with van der Waals surface area (Å²) in [6.07, 6.45) is 3.81. The Morgan fingerprint density at radius 2 is 2.12 bits per heavy atom. The second-order valence-electron chi connectivity index (χ2n) is 3.49. The minimum absolute atomic E-state index is 0.0952. The number of thiophene rings is 1. The lowest BCUT2D eigenvalue weighted by Gasteiger charge is -2.03. The molecule has 0 fully saturated rings. The Labute approximate surface area is 104 Å². The van der Waals surface area contributed by atoms with Crippen LogP contribution in [-0.4, -0.2) is 24.2 Å². The molecule has 0 atom stereocenters. The Hall–Kier alpha value is -0.580. The van der Waals surface area contributed by atoms with E-state index in [-0.39, 0.29) is 12.5 Å². The van der Waals surface area contributed by atoms with Gasteiger partial charge in [0, 0.05) is 13.2 Å². The zero-order chi connectivity index (χ0) is 11.8. The fourth-order valence-corrected chi connectivity index (χ4v) is 2.39. The van der Waals surface area contributed by atoms with Gasteiger partial charge in [0.25, 0.3) is 5.91 Å². The highest BCUT2D eigenvalue weighted by Gasteiger charge is 2.10. The van der Waals surface area contributed by atoms with Gasteiger partial charge in [-0.3, -0.25) is 4.79 Å². The first-order valence-electron chi connectivity index (χ1n) is 5.37. The number of amides is 1. The molecule has 1 aromatic heterocycles. The molecule has 3 nitrogen and oxygen atoms in total. The molecule has 1 amide bonds. The van der Waals surface area contributed by atoms with Gasteiger partial charge in [-0.05, 0) is 24.3 Å². The van der Waals surface area contributed by atoms with Crippen LogP contribution in [0, 0.1) is 0 Å². The molecule has 0 aliphatic heterocycles. The predicted octanol–water partition coefficient (Wildman–Crippen LogP) is 2.68. The fraction of sp³-hybridized carbons (Fsp3) is 0.545. The summed E-state index contributed by atoms with van der Waals surface area (Å²) in [5, 5.41) is 13.7. The maximum Gasteiger partial charge on any atom is 0.262 e. The van der Waals surface area contributed by atoms with Gasteiger partial charge >= 0.3 is 0 Å². The van der Waals surface area contributed by atoms with Crippen molar-refractivity contribution in [3.05, 3.63) is 21.3 Å². The lowest BCUT2D eigenvalue weighted by molar-refractivity contribution is 0.0957. The maximum atomic E-state index is 11.6. The number of hydrogen-bond acceptors (Lipinski definition) is 3. The number of aliphatic hydroxyl groups is 1. The number of hydrogen-bond donors (Lipinski definition) is 2. The number of halogens is 1. The van der Waals surface area contributed by atoms with Crippen molar-refractivity contribution in [2.24, 2.45) is 0 Å². The number of carbonyl (C=O) groups excluding carboxylic acids is 1. The number of aliphatic hydroxyl groups excluding tert-OH is 1. The fourth-order valence-electron chi connectivity index (χ4n) is 1.33. The summed E-state index contributed by atoms with van der Waals surface area (Å²) in [6, 6.07) is 1.72. The SMILES string of the molecule is O=C(NCCCCCCO)c1sccc1Cl. The van der Waals surface area contributed by atoms with E-state index in [1.165, 1.54) is 11.3 Å². The standard InChI is InChI=1S/C11H16ClNO2S/c12-9-5-8-16-10(9)11(15)13-6-3-1-2-4-7-14/h5,8,14H,1-4,6-7H2,(H,13,15). The van der Waals surface area contributed by atoms with Gasteiger partial charge in [-0.15, -0.1) is 11.3 Å². The highest BCUT2D eigenvalue weighted by atomic mass is 35.5. The van der Waals surface area contributed by atoms with Crippen LogP contribution in [-0.2, 0) is 0 Å². The zero-order valence-electron chi connectivity index (χ0n) is 9.04. The largest absolute Gasteiger partial charge is 0.396 e. The van der Waals surface area contributed by atoms with E-state index in [2.05, 4.69) is 5.32 Å². The van der Waals surface area contributed by atoms with Gasteiger partial charge in [0.15, 0.2) is 0 Å². The number of rotatable bonds is 7. The van der Waals surface area contributed by atoms with Crippen LogP contribution in [0.3, 0.4) is 0 Å². The van der Waals surface area contributed by atoms with E-state index in [1.54, 1.807) is 11.4 Å². The molecule has 16 heavy (non-hydrogen) atoms. The minimum Gasteiger partial charge on any atom is -0.396 e. The molecule has 5 heteroatoms. The lowest BCUT2D eigenvalue weighted by atomic mass is 10.2. The van der Waals surface area contributed by atoms with Crippen LogP contribution in [0.2, 0.25) is 5.02 Å². The van der Waals surface area contributed by atoms with Crippen LogP contribution in [0.1, 0.15) is 35.4 Å². The smallest absolute Gasteiger partial charge is 0.262 e. The third kappa shape index (κ3) is 4.51. The Balaban J connectivity index is 2.14. The molecule has 0 radical (unpaired) electrons. The second-order valence-corrected chi connectivity index (χ2v) is 4.81. The average Bonchev–Trinajstić information content (AvgIpc) is 2.69. The van der Waals surface area contributed by atoms with Crippen LogP contribution in [0.15, 0.2) is 11.4 Å². The van der Waals surface area contributed by atoms with Gasteiger partial charge in [0.1, 0.15) is 4.88 Å². The Kier molecular flexibility index (Phi) is 6.45. The van der Waals surface area contributed by atoms with E-state index in [9.17, 15) is 4.79 Å². The van der Waals surface area contributed by atoms with Gasteiger partial charge in [0.2, 0.25) is 0 Å². The van der Waals surface area contributed by atoms with E-state index in [1.807, 2.05) is 0 Å². The normalized spacial score (nSPS) is 10.4. The Morgan fingerprint density at radius 1 is 1.38 bits per heavy atom. The van der Waals surface area contributed by atoms with Crippen molar-refractivity contribution in [2.75, 3.05) is 13.2 Å². The monoisotopic (exact) mass is 261 g/mol. The molecule has 0 aliphatic rings. The molecule has 2 N–H and O–H groups in total. The molecular formula is C11H16ClNO2S. The summed E-state index contributed by atoms with van der Waals surface area (Å²) >= 11 is 7.19. The second kappa shape index (κ2) is 7.65. The van der Waals surface area contributed by atoms with Gasteiger partial charge in [-0.25, -0.2) is 0 Å². The van der Waals surface area contributed by atoms with Crippen LogP contribution in [0.4, 0.5) is 0 Å². The molecule has 1 heterocycles. The van der Waals surface area contributed by atoms with Gasteiger partial charge in [-0.1, -0.05) is 24.4 Å². The molecule has 1 aromatic rings. The van der Waals surface area contributed by atoms with Crippen molar-refractivity contribution in [1.82, 2.24) is 5.32 Å². The van der Waals surface area contributed by atoms with E-state index >= 15 is 0 Å². The molecule has 0 saturated heterocycles. The van der Waals surface area contributed by atoms with Gasteiger partial charge in [0.05, 0.1) is 5.02 Å². The molecule has 0 bridgehead atoms. The first-order valence-corrected chi connectivity index (χ1v) is 6.63. The van der Waals surface area contributed by atoms with Crippen LogP contribution >= 0.6 is 22.9 Å². The quantitative estimate of drug-likeness (QED) is 0.742. The van der Waals surface area contributed by atoms with Crippen molar-refractivity contribution in [1.29, 1.82) is 0 Å². The van der Waals surface area contributed by atoms with Crippen LogP contribution in [0.5, 0.6) is 0 Å². The third-order valence-electron chi connectivity index (χ3n) is 2.19. The van der Waals surface area contributed by atoms with Gasteiger partial charge in [-0.2, -0.15) is 0 Å². The van der Waals surface area contributed by atoms with Crippen molar-refractivity contribution in [2.45, 2.75) is 25.7 Å². The van der Waals surface area contributed by atoms with E-state index in [4.69, 9.17) is 16.7 Å². The summed E-state index contributed by atoms with van der Waals surface area (Å²) in [6.45, 7) is 0.912. The average molecular weight is 262 g/mol. The van der Waals surface area contributed by atoms with Crippen molar-refractivity contribution < 1.29 is 9.90 Å². The van der Waals surface area contributed by atoms with E-state index in [0.717, 1.165) is 25.7 Å². The molecule has 0 aromatic carbocycles. The van der Waals surface area contributed by atoms with Crippen LogP contribution in [0.25, 0.3) is 0 Å². The van der Waals surface area contributed by atoms with E-state index in [0.29, 0.717) is 16.4 Å². The Morgan fingerprint density at radius 3 is 2.75 bits per heavy atom. The molecule has 90 valence electrons. The molecular weight excluding hydrogens is 246 g/mol. The van der Waals surface area contributed by atoms with E-state index < -0.39 is 0 Å². The molecule has 0 aliphatic carbocycles. The molecule has 0 spiro atoms. The molecule has 0 unspecified atom stereocenters. The summed E-state index contributed by atoms with van der Waals surface area (Å²) in [4.78, 5) is 12.2. The third-order valence-corrected chi connectivity index (χ3v) is 3.53. The van der Waals surface area contributed by atoms with Gasteiger partial charge < -0.3 is 10.4 Å². The van der Waals surface area contributed by atoms with Crippen LogP contribution < -0.4 is 5.32 Å². The summed E-state index contributed by atoms with van der Waals surface area (Å²) in [7, 11) is 0. The first kappa shape index (κ1) is 13.5. The highest BCUT2D eigenvalue weighted by molar-refractivity contribution is 7.12. The molecule has 0 saturated carbocycles. The number of unbranched alkanes of at least 4 members (excludes halogenated alkanes) is 3. The molecule has 1 rings (SSSR count). The summed E-state index contributed by atoms with van der Waals surface area (Å²) < 4.78 is 0. The topological polar surface area (TPSA) is 49.3 Å². The minimum atomic E-state index is -0.0952. The first-order chi connectivity index (χ1) is 7.75.